The minimum Gasteiger partial charge on any atom is -0.309 e. The molecule has 324 valence electrons. The van der Waals surface area contributed by atoms with E-state index < -0.39 is 8.07 Å². The van der Waals surface area contributed by atoms with Crippen molar-refractivity contribution in [3.8, 4) is 44.8 Å². The van der Waals surface area contributed by atoms with Crippen molar-refractivity contribution in [2.45, 2.75) is 0 Å². The number of aromatic nitrogens is 2. The highest BCUT2D eigenvalue weighted by atomic mass is 28.3. The molecule has 11 aromatic carbocycles. The van der Waals surface area contributed by atoms with Gasteiger partial charge in [0.2, 0.25) is 0 Å². The number of para-hydroxylation sites is 2. The van der Waals surface area contributed by atoms with Gasteiger partial charge in [-0.15, -0.1) is 0 Å². The molecular formula is C66H46N2Si. The molecule has 0 amide bonds. The van der Waals surface area contributed by atoms with Crippen molar-refractivity contribution in [1.82, 2.24) is 9.13 Å². The Morgan fingerprint density at radius 3 is 1.16 bits per heavy atom. The molecule has 0 N–H and O–H groups in total. The van der Waals surface area contributed by atoms with E-state index >= 15 is 0 Å². The molecule has 2 aromatic heterocycles. The largest absolute Gasteiger partial charge is 0.309 e. The van der Waals surface area contributed by atoms with E-state index in [0.717, 1.165) is 11.4 Å². The normalized spacial score (nSPS) is 11.8. The van der Waals surface area contributed by atoms with Crippen molar-refractivity contribution in [1.29, 1.82) is 0 Å². The van der Waals surface area contributed by atoms with Crippen LogP contribution in [0.1, 0.15) is 0 Å². The standard InChI is InChI=1S/C66H46N2Si/c1-6-19-47(20-7-1)48-21-18-22-49(43-48)52-33-40-60-62-45-51(35-42-65(62)68(66(60)46-52)53-23-8-2-9-24-53)50-34-41-64-61(44-50)59-31-16-17-32-63(59)67(64)54-36-38-58(39-37-54)69(55-25-10-3-11-26-55,56-27-12-4-13-28-56)57-29-14-5-15-30-57/h1-46H. The average molecular weight is 895 g/mol. The first-order chi connectivity index (χ1) is 34.2. The average Bonchev–Trinajstić information content (AvgIpc) is 3.94. The molecule has 0 aliphatic carbocycles. The molecule has 0 aliphatic rings. The molecule has 69 heavy (non-hydrogen) atoms. The zero-order valence-electron chi connectivity index (χ0n) is 38.0. The van der Waals surface area contributed by atoms with Crippen molar-refractivity contribution in [2.24, 2.45) is 0 Å². The maximum Gasteiger partial charge on any atom is 0.179 e. The van der Waals surface area contributed by atoms with Crippen LogP contribution in [0.15, 0.2) is 279 Å². The minimum atomic E-state index is -2.66. The summed E-state index contributed by atoms with van der Waals surface area (Å²) in [6, 6.07) is 103. The zero-order valence-corrected chi connectivity index (χ0v) is 39.0. The van der Waals surface area contributed by atoms with Gasteiger partial charge in [-0.3, -0.25) is 0 Å². The van der Waals surface area contributed by atoms with E-state index in [4.69, 9.17) is 0 Å². The van der Waals surface area contributed by atoms with Gasteiger partial charge >= 0.3 is 0 Å². The Hall–Kier alpha value is -8.76. The van der Waals surface area contributed by atoms with Crippen LogP contribution in [0, 0.1) is 0 Å². The van der Waals surface area contributed by atoms with Crippen LogP contribution in [0.2, 0.25) is 0 Å². The number of benzene rings is 11. The number of fused-ring (bicyclic) bond motifs is 6. The fourth-order valence-corrected chi connectivity index (χ4v) is 15.8. The van der Waals surface area contributed by atoms with Crippen LogP contribution in [0.25, 0.3) is 88.4 Å². The summed E-state index contributed by atoms with van der Waals surface area (Å²) in [5, 5.41) is 10.4. The van der Waals surface area contributed by atoms with Crippen molar-refractivity contribution in [3.05, 3.63) is 279 Å². The Morgan fingerprint density at radius 1 is 0.203 bits per heavy atom. The fraction of sp³-hybridized carbons (Fsp3) is 0. The quantitative estimate of drug-likeness (QED) is 0.101. The third kappa shape index (κ3) is 6.78. The highest BCUT2D eigenvalue weighted by Gasteiger charge is 2.41. The number of rotatable bonds is 9. The molecule has 0 radical (unpaired) electrons. The highest BCUT2D eigenvalue weighted by Crippen LogP contribution is 2.40. The lowest BCUT2D eigenvalue weighted by Crippen LogP contribution is -2.74. The van der Waals surface area contributed by atoms with Crippen molar-refractivity contribution < 1.29 is 0 Å². The molecule has 0 spiro atoms. The highest BCUT2D eigenvalue weighted by molar-refractivity contribution is 7.19. The third-order valence-electron chi connectivity index (χ3n) is 14.3. The Morgan fingerprint density at radius 2 is 0.580 bits per heavy atom. The molecule has 0 bridgehead atoms. The van der Waals surface area contributed by atoms with E-state index in [9.17, 15) is 0 Å². The summed E-state index contributed by atoms with van der Waals surface area (Å²) in [4.78, 5) is 0. The first-order valence-electron chi connectivity index (χ1n) is 23.8. The molecule has 0 saturated carbocycles. The van der Waals surface area contributed by atoms with E-state index in [1.165, 1.54) is 97.7 Å². The molecule has 2 heterocycles. The first-order valence-corrected chi connectivity index (χ1v) is 25.8. The van der Waals surface area contributed by atoms with Crippen molar-refractivity contribution in [2.75, 3.05) is 0 Å². The number of hydrogen-bond acceptors (Lipinski definition) is 0. The van der Waals surface area contributed by atoms with Gasteiger partial charge in [0, 0.05) is 32.9 Å². The van der Waals surface area contributed by atoms with Gasteiger partial charge in [0.25, 0.3) is 0 Å². The molecule has 13 aromatic rings. The van der Waals surface area contributed by atoms with Crippen LogP contribution in [0.5, 0.6) is 0 Å². The second kappa shape index (κ2) is 16.8. The third-order valence-corrected chi connectivity index (χ3v) is 19.1. The van der Waals surface area contributed by atoms with Gasteiger partial charge in [-0.25, -0.2) is 0 Å². The van der Waals surface area contributed by atoms with Crippen LogP contribution < -0.4 is 20.7 Å². The van der Waals surface area contributed by atoms with E-state index in [2.05, 4.69) is 288 Å². The Labute approximate surface area is 403 Å². The van der Waals surface area contributed by atoms with Gasteiger partial charge in [-0.1, -0.05) is 212 Å². The molecule has 0 atom stereocenters. The maximum absolute atomic E-state index is 2.66. The van der Waals surface area contributed by atoms with Crippen molar-refractivity contribution >= 4 is 72.4 Å². The molecule has 3 heteroatoms. The van der Waals surface area contributed by atoms with Crippen LogP contribution in [-0.2, 0) is 0 Å². The van der Waals surface area contributed by atoms with Gasteiger partial charge in [-0.05, 0) is 121 Å². The van der Waals surface area contributed by atoms with Crippen LogP contribution in [-0.4, -0.2) is 17.2 Å². The summed E-state index contributed by atoms with van der Waals surface area (Å²) >= 11 is 0. The van der Waals surface area contributed by atoms with Gasteiger partial charge in [0.15, 0.2) is 8.07 Å². The van der Waals surface area contributed by atoms with Gasteiger partial charge in [0.1, 0.15) is 0 Å². The second-order valence-corrected chi connectivity index (χ2v) is 21.9. The summed E-state index contributed by atoms with van der Waals surface area (Å²) < 4.78 is 4.87. The Balaban J connectivity index is 0.928. The smallest absolute Gasteiger partial charge is 0.179 e. The molecule has 2 nitrogen and oxygen atoms in total. The second-order valence-electron chi connectivity index (χ2n) is 18.1. The molecule has 0 unspecified atom stereocenters. The molecule has 0 aliphatic heterocycles. The van der Waals surface area contributed by atoms with Crippen LogP contribution >= 0.6 is 0 Å². The van der Waals surface area contributed by atoms with Gasteiger partial charge in [0.05, 0.1) is 22.1 Å². The Bertz CT molecular complexity index is 3870. The maximum atomic E-state index is 2.44. The predicted octanol–water partition coefficient (Wildman–Crippen LogP) is 14.3. The summed E-state index contributed by atoms with van der Waals surface area (Å²) in [6.45, 7) is 0. The summed E-state index contributed by atoms with van der Waals surface area (Å²) in [7, 11) is -2.66. The lowest BCUT2D eigenvalue weighted by Gasteiger charge is -2.34. The predicted molar refractivity (Wildman–Crippen MR) is 295 cm³/mol. The SMILES string of the molecule is c1ccc(-c2cccc(-c3ccc4c5cc(-c6ccc7c(c6)c6ccccc6n7-c6ccc([Si](c7ccccc7)(c7ccccc7)c7ccccc7)cc6)ccc5n(-c5ccccc5)c4c3)c2)cc1. The van der Waals surface area contributed by atoms with Crippen LogP contribution in [0.4, 0.5) is 0 Å². The van der Waals surface area contributed by atoms with Gasteiger partial charge in [-0.2, -0.15) is 0 Å². The van der Waals surface area contributed by atoms with Gasteiger partial charge < -0.3 is 9.13 Å². The van der Waals surface area contributed by atoms with Crippen LogP contribution in [0.3, 0.4) is 0 Å². The summed E-state index contributed by atoms with van der Waals surface area (Å²) in [6.07, 6.45) is 0. The van der Waals surface area contributed by atoms with E-state index in [1.54, 1.807) is 0 Å². The number of nitrogens with zero attached hydrogens (tertiary/aromatic N) is 2. The monoisotopic (exact) mass is 894 g/mol. The summed E-state index contributed by atoms with van der Waals surface area (Å²) in [5.74, 6) is 0. The van der Waals surface area contributed by atoms with E-state index in [0.29, 0.717) is 0 Å². The molecule has 0 fully saturated rings. The van der Waals surface area contributed by atoms with E-state index in [1.807, 2.05) is 0 Å². The van der Waals surface area contributed by atoms with E-state index in [-0.39, 0.29) is 0 Å². The minimum absolute atomic E-state index is 1.15. The first kappa shape index (κ1) is 40.5. The summed E-state index contributed by atoms with van der Waals surface area (Å²) in [5.41, 5.74) is 14.3. The topological polar surface area (TPSA) is 9.86 Å². The fourth-order valence-electron chi connectivity index (χ4n) is 11.1. The molecular weight excluding hydrogens is 849 g/mol. The molecule has 0 saturated heterocycles. The lowest BCUT2D eigenvalue weighted by molar-refractivity contribution is 1.18. The zero-order chi connectivity index (χ0) is 45.7. The lowest BCUT2D eigenvalue weighted by atomic mass is 9.97. The number of hydrogen-bond donors (Lipinski definition) is 0. The van der Waals surface area contributed by atoms with Crippen molar-refractivity contribution in [3.63, 3.8) is 0 Å². The Kier molecular flexibility index (Phi) is 9.88. The molecule has 13 rings (SSSR count).